The van der Waals surface area contributed by atoms with Crippen LogP contribution >= 0.6 is 0 Å². The third kappa shape index (κ3) is 4.44. The molecule has 3 rings (SSSR count). The molecule has 0 bridgehead atoms. The molecule has 0 aliphatic carbocycles. The van der Waals surface area contributed by atoms with E-state index in [0.717, 1.165) is 5.56 Å². The normalized spacial score (nSPS) is 12.4. The average Bonchev–Trinajstić information content (AvgIpc) is 3.24. The number of aromatic nitrogens is 2. The van der Waals surface area contributed by atoms with E-state index in [1.165, 1.54) is 32.4 Å². The summed E-state index contributed by atoms with van der Waals surface area (Å²) >= 11 is 0. The predicted molar refractivity (Wildman–Crippen MR) is 103 cm³/mol. The van der Waals surface area contributed by atoms with Gasteiger partial charge in [0.25, 0.3) is 5.89 Å². The lowest BCUT2D eigenvalue weighted by Crippen LogP contribution is -2.20. The number of nitrogens with one attached hydrogen (secondary N) is 1. The molecule has 2 aromatic carbocycles. The quantitative estimate of drug-likeness (QED) is 0.582. The van der Waals surface area contributed by atoms with Crippen molar-refractivity contribution in [2.24, 2.45) is 0 Å². The highest BCUT2D eigenvalue weighted by atomic mass is 32.2. The van der Waals surface area contributed by atoms with Crippen molar-refractivity contribution in [3.8, 4) is 17.1 Å². The lowest BCUT2D eigenvalue weighted by Gasteiger charge is -2.12. The molecule has 1 N–H and O–H groups in total. The molecular formula is C19H19N3O6S. The standard InChI is InChI=1S/C19H19N3O6S/c1-12(18-21-17(22-28-18)13-7-5-4-6-8-13)27-19(23)14-9-10-15(26-3)16(11-14)29(24,25)20-2/h4-12,20H,1-3H3/t12-/m0/s1. The summed E-state index contributed by atoms with van der Waals surface area (Å²) < 4.78 is 42.1. The highest BCUT2D eigenvalue weighted by molar-refractivity contribution is 7.89. The Morgan fingerprint density at radius 1 is 1.17 bits per heavy atom. The highest BCUT2D eigenvalue weighted by Crippen LogP contribution is 2.26. The van der Waals surface area contributed by atoms with E-state index in [2.05, 4.69) is 14.9 Å². The molecule has 1 atom stereocenters. The minimum absolute atomic E-state index is 0.0364. The first kappa shape index (κ1) is 20.5. The molecule has 0 saturated carbocycles. The molecule has 1 heterocycles. The maximum absolute atomic E-state index is 12.5. The average molecular weight is 417 g/mol. The summed E-state index contributed by atoms with van der Waals surface area (Å²) in [4.78, 5) is 16.6. The van der Waals surface area contributed by atoms with Crippen LogP contribution in [0.15, 0.2) is 57.9 Å². The van der Waals surface area contributed by atoms with Gasteiger partial charge in [0.15, 0.2) is 6.10 Å². The second kappa shape index (κ2) is 8.41. The van der Waals surface area contributed by atoms with Gasteiger partial charge in [0, 0.05) is 5.56 Å². The second-order valence-electron chi connectivity index (χ2n) is 5.94. The molecule has 9 nitrogen and oxygen atoms in total. The lowest BCUT2D eigenvalue weighted by atomic mass is 10.2. The van der Waals surface area contributed by atoms with Gasteiger partial charge in [0.05, 0.1) is 12.7 Å². The zero-order chi connectivity index (χ0) is 21.0. The van der Waals surface area contributed by atoms with Gasteiger partial charge in [-0.1, -0.05) is 35.5 Å². The van der Waals surface area contributed by atoms with Crippen LogP contribution in [0.2, 0.25) is 0 Å². The molecule has 0 spiro atoms. The van der Waals surface area contributed by atoms with E-state index >= 15 is 0 Å². The molecule has 0 amide bonds. The molecule has 0 fully saturated rings. The number of hydrogen-bond acceptors (Lipinski definition) is 8. The SMILES string of the molecule is CNS(=O)(=O)c1cc(C(=O)O[C@@H](C)c2nc(-c3ccccc3)no2)ccc1OC. The smallest absolute Gasteiger partial charge is 0.338 e. The predicted octanol–water partition coefficient (Wildman–Crippen LogP) is 2.57. The molecule has 10 heteroatoms. The summed E-state index contributed by atoms with van der Waals surface area (Å²) in [5, 5.41) is 3.89. The second-order valence-corrected chi connectivity index (χ2v) is 7.80. The van der Waals surface area contributed by atoms with E-state index < -0.39 is 22.1 Å². The molecule has 0 aliphatic rings. The Morgan fingerprint density at radius 2 is 1.90 bits per heavy atom. The molecule has 0 unspecified atom stereocenters. The number of ether oxygens (including phenoxy) is 2. The topological polar surface area (TPSA) is 121 Å². The van der Waals surface area contributed by atoms with Crippen LogP contribution in [0.3, 0.4) is 0 Å². The third-order valence-corrected chi connectivity index (χ3v) is 5.50. The Bertz CT molecular complexity index is 1110. The van der Waals surface area contributed by atoms with Crippen LogP contribution in [0.4, 0.5) is 0 Å². The first-order valence-electron chi connectivity index (χ1n) is 8.57. The maximum atomic E-state index is 12.5. The van der Waals surface area contributed by atoms with E-state index in [4.69, 9.17) is 14.0 Å². The monoisotopic (exact) mass is 417 g/mol. The van der Waals surface area contributed by atoms with Gasteiger partial charge in [-0.2, -0.15) is 4.98 Å². The number of esters is 1. The van der Waals surface area contributed by atoms with Gasteiger partial charge in [-0.05, 0) is 32.2 Å². The van der Waals surface area contributed by atoms with Crippen LogP contribution in [-0.4, -0.2) is 38.7 Å². The Balaban J connectivity index is 1.80. The van der Waals surface area contributed by atoms with E-state index in [0.29, 0.717) is 5.82 Å². The number of rotatable bonds is 7. The first-order chi connectivity index (χ1) is 13.9. The Hall–Kier alpha value is -3.24. The van der Waals surface area contributed by atoms with Crippen molar-refractivity contribution in [1.82, 2.24) is 14.9 Å². The summed E-state index contributed by atoms with van der Waals surface area (Å²) in [6.07, 6.45) is -0.834. The lowest BCUT2D eigenvalue weighted by molar-refractivity contribution is 0.0265. The Kier molecular flexibility index (Phi) is 5.95. The van der Waals surface area contributed by atoms with Gasteiger partial charge < -0.3 is 14.0 Å². The van der Waals surface area contributed by atoms with Crippen LogP contribution in [0, 0.1) is 0 Å². The molecule has 0 radical (unpaired) electrons. The Morgan fingerprint density at radius 3 is 2.55 bits per heavy atom. The molecule has 3 aromatic rings. The number of hydrogen-bond donors (Lipinski definition) is 1. The molecule has 1 aromatic heterocycles. The number of sulfonamides is 1. The van der Waals surface area contributed by atoms with Gasteiger partial charge in [0.2, 0.25) is 15.8 Å². The number of methoxy groups -OCH3 is 1. The zero-order valence-electron chi connectivity index (χ0n) is 15.9. The number of carbonyl (C=O) groups excluding carboxylic acids is 1. The van der Waals surface area contributed by atoms with Gasteiger partial charge >= 0.3 is 5.97 Å². The summed E-state index contributed by atoms with van der Waals surface area (Å²) in [6, 6.07) is 13.2. The molecule has 152 valence electrons. The maximum Gasteiger partial charge on any atom is 0.338 e. The van der Waals surface area contributed by atoms with Crippen molar-refractivity contribution in [3.05, 3.63) is 60.0 Å². The minimum atomic E-state index is -3.83. The summed E-state index contributed by atoms with van der Waals surface area (Å²) in [5.74, 6) is -0.148. The van der Waals surface area contributed by atoms with Crippen molar-refractivity contribution in [3.63, 3.8) is 0 Å². The summed E-state index contributed by atoms with van der Waals surface area (Å²) in [5.41, 5.74) is 0.798. The van der Waals surface area contributed by atoms with Crippen molar-refractivity contribution in [2.45, 2.75) is 17.9 Å². The van der Waals surface area contributed by atoms with Crippen LogP contribution < -0.4 is 9.46 Å². The zero-order valence-corrected chi connectivity index (χ0v) is 16.8. The number of benzene rings is 2. The molecule has 0 saturated heterocycles. The number of carbonyl (C=O) groups is 1. The van der Waals surface area contributed by atoms with E-state index in [9.17, 15) is 13.2 Å². The minimum Gasteiger partial charge on any atom is -0.495 e. The number of nitrogens with zero attached hydrogens (tertiary/aromatic N) is 2. The van der Waals surface area contributed by atoms with Crippen molar-refractivity contribution >= 4 is 16.0 Å². The summed E-state index contributed by atoms with van der Waals surface area (Å²) in [6.45, 7) is 1.58. The fourth-order valence-corrected chi connectivity index (χ4v) is 3.43. The van der Waals surface area contributed by atoms with E-state index in [1.807, 2.05) is 30.3 Å². The third-order valence-electron chi connectivity index (χ3n) is 4.06. The molecular weight excluding hydrogens is 398 g/mol. The van der Waals surface area contributed by atoms with Crippen molar-refractivity contribution in [2.75, 3.05) is 14.2 Å². The van der Waals surface area contributed by atoms with Crippen LogP contribution in [0.1, 0.15) is 29.3 Å². The van der Waals surface area contributed by atoms with E-state index in [1.54, 1.807) is 6.92 Å². The Labute approximate surface area is 167 Å². The largest absolute Gasteiger partial charge is 0.495 e. The van der Waals surface area contributed by atoms with Crippen LogP contribution in [-0.2, 0) is 14.8 Å². The van der Waals surface area contributed by atoms with Gasteiger partial charge in [-0.25, -0.2) is 17.9 Å². The summed E-state index contributed by atoms with van der Waals surface area (Å²) in [7, 11) is -1.23. The van der Waals surface area contributed by atoms with Crippen LogP contribution in [0.5, 0.6) is 5.75 Å². The molecule has 0 aliphatic heterocycles. The first-order valence-corrected chi connectivity index (χ1v) is 10.1. The van der Waals surface area contributed by atoms with Gasteiger partial charge in [0.1, 0.15) is 10.6 Å². The molecule has 29 heavy (non-hydrogen) atoms. The van der Waals surface area contributed by atoms with Crippen molar-refractivity contribution < 1.29 is 27.2 Å². The van der Waals surface area contributed by atoms with Gasteiger partial charge in [-0.15, -0.1) is 0 Å². The van der Waals surface area contributed by atoms with Crippen molar-refractivity contribution in [1.29, 1.82) is 0 Å². The van der Waals surface area contributed by atoms with Gasteiger partial charge in [-0.3, -0.25) is 0 Å². The fraction of sp³-hybridized carbons (Fsp3) is 0.211. The van der Waals surface area contributed by atoms with Crippen LogP contribution in [0.25, 0.3) is 11.4 Å². The highest BCUT2D eigenvalue weighted by Gasteiger charge is 2.24. The van der Waals surface area contributed by atoms with E-state index in [-0.39, 0.29) is 22.1 Å². The fourth-order valence-electron chi connectivity index (χ4n) is 2.51.